The molecule has 21 heavy (non-hydrogen) atoms. The third-order valence-corrected chi connectivity index (χ3v) is 4.05. The van der Waals surface area contributed by atoms with Crippen molar-refractivity contribution in [3.63, 3.8) is 0 Å². The second-order valence-electron chi connectivity index (χ2n) is 6.87. The molecule has 3 nitrogen and oxygen atoms in total. The highest BCUT2D eigenvalue weighted by Crippen LogP contribution is 2.33. The molecule has 2 atom stereocenters. The number of aliphatic hydroxyl groups excluding tert-OH is 1. The van der Waals surface area contributed by atoms with E-state index in [4.69, 9.17) is 10.5 Å². The van der Waals surface area contributed by atoms with Crippen LogP contribution in [0.4, 0.5) is 0 Å². The zero-order valence-corrected chi connectivity index (χ0v) is 14.1. The molecule has 3 N–H and O–H groups in total. The molecule has 0 radical (unpaired) electrons. The normalized spacial score (nSPS) is 14.8. The van der Waals surface area contributed by atoms with E-state index in [0.717, 1.165) is 12.2 Å². The Morgan fingerprint density at radius 3 is 2.43 bits per heavy atom. The molecule has 0 spiro atoms. The van der Waals surface area contributed by atoms with E-state index < -0.39 is 0 Å². The van der Waals surface area contributed by atoms with E-state index in [9.17, 15) is 5.11 Å². The predicted molar refractivity (Wildman–Crippen MR) is 88.8 cm³/mol. The molecule has 0 amide bonds. The molecule has 0 heterocycles. The Bertz CT molecular complexity index is 433. The summed E-state index contributed by atoms with van der Waals surface area (Å²) in [5, 5.41) is 9.37. The molecule has 0 bridgehead atoms. The van der Waals surface area contributed by atoms with Crippen molar-refractivity contribution in [1.29, 1.82) is 0 Å². The fraction of sp³-hybridized carbons (Fsp3) is 0.667. The van der Waals surface area contributed by atoms with Crippen molar-refractivity contribution < 1.29 is 9.84 Å². The molecule has 0 aliphatic rings. The van der Waals surface area contributed by atoms with Crippen LogP contribution in [-0.2, 0) is 11.8 Å². The average molecular weight is 293 g/mol. The van der Waals surface area contributed by atoms with Crippen LogP contribution in [0.3, 0.4) is 0 Å². The number of ether oxygens (including phenoxy) is 1. The van der Waals surface area contributed by atoms with E-state index in [-0.39, 0.29) is 17.9 Å². The highest BCUT2D eigenvalue weighted by atomic mass is 16.5. The van der Waals surface area contributed by atoms with Crippen LogP contribution < -0.4 is 10.5 Å². The molecule has 0 aliphatic carbocycles. The molecule has 1 aromatic rings. The maximum atomic E-state index is 9.37. The molecule has 120 valence electrons. The zero-order chi connectivity index (χ0) is 16.0. The van der Waals surface area contributed by atoms with Crippen molar-refractivity contribution in [2.45, 2.75) is 46.5 Å². The lowest BCUT2D eigenvalue weighted by atomic mass is 9.83. The minimum atomic E-state index is 0.0496. The van der Waals surface area contributed by atoms with Gasteiger partial charge in [-0.05, 0) is 54.3 Å². The minimum absolute atomic E-state index is 0.0496. The average Bonchev–Trinajstić information content (AvgIpc) is 2.41. The van der Waals surface area contributed by atoms with Gasteiger partial charge in [-0.15, -0.1) is 0 Å². The standard InChI is InChI=1S/C18H31NO2/c1-6-21-17-8-7-14(10-16(17)18(3,4)5)9-13(2)15(11-19)12-20/h7-8,10,13,15,20H,6,9,11-12,19H2,1-5H3. The van der Waals surface area contributed by atoms with Crippen LogP contribution in [0.15, 0.2) is 18.2 Å². The quantitative estimate of drug-likeness (QED) is 0.812. The number of hydrogen-bond donors (Lipinski definition) is 2. The van der Waals surface area contributed by atoms with E-state index in [1.807, 2.05) is 6.92 Å². The van der Waals surface area contributed by atoms with E-state index >= 15 is 0 Å². The number of rotatable bonds is 7. The van der Waals surface area contributed by atoms with Crippen LogP contribution in [0.25, 0.3) is 0 Å². The van der Waals surface area contributed by atoms with Crippen molar-refractivity contribution in [2.24, 2.45) is 17.6 Å². The number of benzene rings is 1. The lowest BCUT2D eigenvalue weighted by molar-refractivity contribution is 0.187. The summed E-state index contributed by atoms with van der Waals surface area (Å²) in [4.78, 5) is 0. The molecule has 0 aliphatic heterocycles. The minimum Gasteiger partial charge on any atom is -0.494 e. The maximum Gasteiger partial charge on any atom is 0.123 e. The van der Waals surface area contributed by atoms with Crippen LogP contribution in [-0.4, -0.2) is 24.9 Å². The van der Waals surface area contributed by atoms with Gasteiger partial charge in [0.15, 0.2) is 0 Å². The molecule has 1 rings (SSSR count). The van der Waals surface area contributed by atoms with Crippen LogP contribution in [0, 0.1) is 11.8 Å². The number of aliphatic hydroxyl groups is 1. The fourth-order valence-electron chi connectivity index (χ4n) is 2.60. The Hall–Kier alpha value is -1.06. The van der Waals surface area contributed by atoms with E-state index in [0.29, 0.717) is 19.1 Å². The first kappa shape index (κ1) is 18.0. The van der Waals surface area contributed by atoms with Crippen LogP contribution in [0.5, 0.6) is 5.75 Å². The smallest absolute Gasteiger partial charge is 0.123 e. The Morgan fingerprint density at radius 2 is 1.95 bits per heavy atom. The number of hydrogen-bond acceptors (Lipinski definition) is 3. The van der Waals surface area contributed by atoms with Crippen LogP contribution in [0.1, 0.15) is 45.7 Å². The Balaban J connectivity index is 3.00. The molecule has 0 aromatic heterocycles. The summed E-state index contributed by atoms with van der Waals surface area (Å²) in [7, 11) is 0. The van der Waals surface area contributed by atoms with Gasteiger partial charge in [0.25, 0.3) is 0 Å². The molecule has 3 heteroatoms. The summed E-state index contributed by atoms with van der Waals surface area (Å²) in [6.45, 7) is 12.1. The topological polar surface area (TPSA) is 55.5 Å². The lowest BCUT2D eigenvalue weighted by Gasteiger charge is -2.25. The molecule has 0 fully saturated rings. The van der Waals surface area contributed by atoms with Gasteiger partial charge < -0.3 is 15.6 Å². The van der Waals surface area contributed by atoms with Gasteiger partial charge in [-0.1, -0.05) is 39.8 Å². The van der Waals surface area contributed by atoms with E-state index in [2.05, 4.69) is 45.9 Å². The largest absolute Gasteiger partial charge is 0.494 e. The Labute approximate surface area is 129 Å². The summed E-state index contributed by atoms with van der Waals surface area (Å²) in [5.74, 6) is 1.50. The van der Waals surface area contributed by atoms with Gasteiger partial charge in [0.1, 0.15) is 5.75 Å². The summed E-state index contributed by atoms with van der Waals surface area (Å²) >= 11 is 0. The molecular formula is C18H31NO2. The van der Waals surface area contributed by atoms with Crippen molar-refractivity contribution in [1.82, 2.24) is 0 Å². The van der Waals surface area contributed by atoms with Gasteiger partial charge >= 0.3 is 0 Å². The van der Waals surface area contributed by atoms with Gasteiger partial charge in [-0.2, -0.15) is 0 Å². The summed E-state index contributed by atoms with van der Waals surface area (Å²) in [5.41, 5.74) is 8.29. The zero-order valence-electron chi connectivity index (χ0n) is 14.1. The highest BCUT2D eigenvalue weighted by Gasteiger charge is 2.21. The van der Waals surface area contributed by atoms with Crippen molar-refractivity contribution in [3.05, 3.63) is 29.3 Å². The van der Waals surface area contributed by atoms with E-state index in [1.165, 1.54) is 11.1 Å². The van der Waals surface area contributed by atoms with Gasteiger partial charge in [-0.25, -0.2) is 0 Å². The third-order valence-electron chi connectivity index (χ3n) is 4.05. The number of nitrogens with two attached hydrogens (primary N) is 1. The summed E-state index contributed by atoms with van der Waals surface area (Å²) in [6, 6.07) is 6.44. The lowest BCUT2D eigenvalue weighted by Crippen LogP contribution is -2.26. The van der Waals surface area contributed by atoms with Gasteiger partial charge in [0, 0.05) is 6.61 Å². The summed E-state index contributed by atoms with van der Waals surface area (Å²) < 4.78 is 5.75. The van der Waals surface area contributed by atoms with Gasteiger partial charge in [-0.3, -0.25) is 0 Å². The first-order chi connectivity index (χ1) is 9.83. The van der Waals surface area contributed by atoms with Gasteiger partial charge in [0.2, 0.25) is 0 Å². The predicted octanol–water partition coefficient (Wildman–Crippen LogP) is 3.13. The van der Waals surface area contributed by atoms with Crippen LogP contribution >= 0.6 is 0 Å². The second kappa shape index (κ2) is 7.81. The Kier molecular flexibility index (Phi) is 6.69. The molecular weight excluding hydrogens is 262 g/mol. The first-order valence-electron chi connectivity index (χ1n) is 7.90. The maximum absolute atomic E-state index is 9.37. The van der Waals surface area contributed by atoms with E-state index in [1.54, 1.807) is 0 Å². The molecule has 1 aromatic carbocycles. The second-order valence-corrected chi connectivity index (χ2v) is 6.87. The van der Waals surface area contributed by atoms with Crippen molar-refractivity contribution in [2.75, 3.05) is 19.8 Å². The first-order valence-corrected chi connectivity index (χ1v) is 7.90. The molecule has 0 saturated heterocycles. The van der Waals surface area contributed by atoms with Crippen LogP contribution in [0.2, 0.25) is 0 Å². The molecule has 0 saturated carbocycles. The molecule has 2 unspecified atom stereocenters. The summed E-state index contributed by atoms with van der Waals surface area (Å²) in [6.07, 6.45) is 0.928. The van der Waals surface area contributed by atoms with Crippen molar-refractivity contribution in [3.8, 4) is 5.75 Å². The fourth-order valence-corrected chi connectivity index (χ4v) is 2.60. The van der Waals surface area contributed by atoms with Gasteiger partial charge in [0.05, 0.1) is 6.61 Å². The monoisotopic (exact) mass is 293 g/mol. The Morgan fingerprint density at radius 1 is 1.29 bits per heavy atom. The SMILES string of the molecule is CCOc1ccc(CC(C)C(CN)CO)cc1C(C)(C)C. The van der Waals surface area contributed by atoms with Crippen molar-refractivity contribution >= 4 is 0 Å². The highest BCUT2D eigenvalue weighted by molar-refractivity contribution is 5.41. The third kappa shape index (κ3) is 5.01.